The van der Waals surface area contributed by atoms with Gasteiger partial charge in [-0.05, 0) is 17.7 Å². The monoisotopic (exact) mass is 279 g/mol. The van der Waals surface area contributed by atoms with Crippen LogP contribution in [0.3, 0.4) is 0 Å². The molecule has 4 nitrogen and oxygen atoms in total. The maximum Gasteiger partial charge on any atom is 0.422 e. The van der Waals surface area contributed by atoms with Crippen LogP contribution in [0.15, 0.2) is 24.3 Å². The van der Waals surface area contributed by atoms with Gasteiger partial charge >= 0.3 is 6.95 Å². The molecule has 0 amide bonds. The summed E-state index contributed by atoms with van der Waals surface area (Å²) in [4.78, 5) is 8.89. The number of nitrogens with zero attached hydrogens (tertiary/aromatic N) is 1. The van der Waals surface area contributed by atoms with Crippen molar-refractivity contribution in [1.29, 1.82) is 5.26 Å². The molecule has 0 heterocycles. The molecule has 2 unspecified atom stereocenters. The Morgan fingerprint density at radius 3 is 2.50 bits per heavy atom. The summed E-state index contributed by atoms with van der Waals surface area (Å²) in [7, 11) is 0. The average Bonchev–Trinajstić information content (AvgIpc) is 2.16. The topological polar surface area (TPSA) is 70.3 Å². The van der Waals surface area contributed by atoms with Crippen molar-refractivity contribution >= 4 is 29.8 Å². The van der Waals surface area contributed by atoms with Gasteiger partial charge in [-0.3, -0.25) is 4.52 Å². The first-order chi connectivity index (χ1) is 7.42. The van der Waals surface area contributed by atoms with Crippen molar-refractivity contribution in [3.05, 3.63) is 34.9 Å². The van der Waals surface area contributed by atoms with Gasteiger partial charge in [0, 0.05) is 16.3 Å². The summed E-state index contributed by atoms with van der Waals surface area (Å²) in [5, 5.41) is 9.10. The molecule has 1 N–H and O–H groups in total. The summed E-state index contributed by atoms with van der Waals surface area (Å²) in [5.74, 6) is 0. The molecule has 0 aliphatic carbocycles. The number of benzene rings is 1. The lowest BCUT2D eigenvalue weighted by molar-refractivity contribution is 0.190. The third kappa shape index (κ3) is 4.52. The van der Waals surface area contributed by atoms with Gasteiger partial charge in [0.15, 0.2) is 0 Å². The van der Waals surface area contributed by atoms with Crippen molar-refractivity contribution in [2.24, 2.45) is 0 Å². The van der Waals surface area contributed by atoms with E-state index in [0.717, 1.165) is 0 Å². The number of hydrogen-bond donors (Lipinski definition) is 1. The SMILES string of the molecule is N#CCC(OP(=O)(O)Cl)c1ccc(Cl)cc1. The molecule has 0 aromatic heterocycles. The average molecular weight is 280 g/mol. The van der Waals surface area contributed by atoms with E-state index in [-0.39, 0.29) is 6.42 Å². The Morgan fingerprint density at radius 2 is 2.06 bits per heavy atom. The largest absolute Gasteiger partial charge is 0.422 e. The van der Waals surface area contributed by atoms with Crippen LogP contribution in [0.2, 0.25) is 5.02 Å². The van der Waals surface area contributed by atoms with Gasteiger partial charge in [0.1, 0.15) is 6.10 Å². The normalized spacial score (nSPS) is 16.1. The van der Waals surface area contributed by atoms with Gasteiger partial charge in [-0.15, -0.1) is 0 Å². The lowest BCUT2D eigenvalue weighted by atomic mass is 10.1. The quantitative estimate of drug-likeness (QED) is 0.854. The van der Waals surface area contributed by atoms with Gasteiger partial charge in [0.25, 0.3) is 0 Å². The Balaban J connectivity index is 2.90. The van der Waals surface area contributed by atoms with Crippen LogP contribution in [-0.4, -0.2) is 4.89 Å². The van der Waals surface area contributed by atoms with Crippen molar-refractivity contribution in [3.8, 4) is 6.07 Å². The predicted molar refractivity (Wildman–Crippen MR) is 61.2 cm³/mol. The van der Waals surface area contributed by atoms with Gasteiger partial charge in [-0.2, -0.15) is 5.26 Å². The highest BCUT2D eigenvalue weighted by Gasteiger charge is 2.23. The molecule has 0 spiro atoms. The molecule has 86 valence electrons. The number of hydrogen-bond acceptors (Lipinski definition) is 3. The molecule has 1 rings (SSSR count). The molecule has 0 fully saturated rings. The Labute approximate surface area is 103 Å². The third-order valence-electron chi connectivity index (χ3n) is 1.78. The van der Waals surface area contributed by atoms with Crippen molar-refractivity contribution < 1.29 is 14.0 Å². The first-order valence-corrected chi connectivity index (χ1v) is 7.11. The minimum atomic E-state index is -4.14. The lowest BCUT2D eigenvalue weighted by Crippen LogP contribution is -2.00. The van der Waals surface area contributed by atoms with E-state index in [0.29, 0.717) is 10.6 Å². The van der Waals surface area contributed by atoms with Gasteiger partial charge in [0.05, 0.1) is 12.5 Å². The van der Waals surface area contributed by atoms with Crippen LogP contribution in [0.1, 0.15) is 18.1 Å². The van der Waals surface area contributed by atoms with Crippen molar-refractivity contribution in [1.82, 2.24) is 0 Å². The van der Waals surface area contributed by atoms with Gasteiger partial charge < -0.3 is 4.89 Å². The van der Waals surface area contributed by atoms with Crippen LogP contribution >= 0.6 is 29.8 Å². The molecule has 0 aliphatic rings. The Hall–Kier alpha value is -0.560. The second kappa shape index (κ2) is 5.67. The predicted octanol–water partition coefficient (Wildman–Crippen LogP) is 3.65. The minimum absolute atomic E-state index is 0.0705. The lowest BCUT2D eigenvalue weighted by Gasteiger charge is -2.15. The summed E-state index contributed by atoms with van der Waals surface area (Å²) >= 11 is 10.8. The molecule has 0 saturated carbocycles. The van der Waals surface area contributed by atoms with Crippen LogP contribution < -0.4 is 0 Å². The maximum absolute atomic E-state index is 10.9. The molecule has 0 aliphatic heterocycles. The highest BCUT2D eigenvalue weighted by molar-refractivity contribution is 7.80. The van der Waals surface area contributed by atoms with E-state index >= 15 is 0 Å². The number of rotatable bonds is 4. The van der Waals surface area contributed by atoms with E-state index in [2.05, 4.69) is 0 Å². The highest BCUT2D eigenvalue weighted by Crippen LogP contribution is 2.52. The standard InChI is InChI=1S/C9H8Cl2NO3P/c10-8-3-1-7(2-4-8)9(5-6-12)15-16(11,13)14/h1-4,9H,5H2,(H,13,14). The van der Waals surface area contributed by atoms with E-state index in [1.54, 1.807) is 24.3 Å². The van der Waals surface area contributed by atoms with Crippen molar-refractivity contribution in [2.45, 2.75) is 12.5 Å². The molecule has 1 aromatic rings. The van der Waals surface area contributed by atoms with Gasteiger partial charge in [0.2, 0.25) is 0 Å². The first kappa shape index (κ1) is 13.5. The molecule has 0 bridgehead atoms. The number of nitriles is 1. The second-order valence-corrected chi connectivity index (χ2v) is 5.79. The fraction of sp³-hybridized carbons (Fsp3) is 0.222. The minimum Gasteiger partial charge on any atom is -0.313 e. The van der Waals surface area contributed by atoms with E-state index in [1.807, 2.05) is 6.07 Å². The molecule has 2 atom stereocenters. The fourth-order valence-electron chi connectivity index (χ4n) is 1.13. The Kier molecular flexibility index (Phi) is 4.79. The summed E-state index contributed by atoms with van der Waals surface area (Å²) in [6.45, 7) is -4.14. The summed E-state index contributed by atoms with van der Waals surface area (Å²) in [5.41, 5.74) is 0.570. The van der Waals surface area contributed by atoms with Crippen molar-refractivity contribution in [2.75, 3.05) is 0 Å². The molecule has 0 radical (unpaired) electrons. The Morgan fingerprint density at radius 1 is 1.50 bits per heavy atom. The van der Waals surface area contributed by atoms with Crippen LogP contribution in [0.5, 0.6) is 0 Å². The summed E-state index contributed by atoms with van der Waals surface area (Å²) in [6, 6.07) is 8.27. The summed E-state index contributed by atoms with van der Waals surface area (Å²) in [6.07, 6.45) is -0.908. The molecular weight excluding hydrogens is 272 g/mol. The van der Waals surface area contributed by atoms with E-state index in [1.165, 1.54) is 0 Å². The molecule has 0 saturated heterocycles. The van der Waals surface area contributed by atoms with Crippen LogP contribution in [0.25, 0.3) is 0 Å². The zero-order chi connectivity index (χ0) is 12.2. The number of halogens is 2. The zero-order valence-electron chi connectivity index (χ0n) is 8.01. The first-order valence-electron chi connectivity index (χ1n) is 4.25. The summed E-state index contributed by atoms with van der Waals surface area (Å²) < 4.78 is 15.6. The van der Waals surface area contributed by atoms with Crippen LogP contribution in [0.4, 0.5) is 0 Å². The van der Waals surface area contributed by atoms with Crippen LogP contribution in [-0.2, 0) is 9.09 Å². The maximum atomic E-state index is 10.9. The van der Waals surface area contributed by atoms with Gasteiger partial charge in [-0.1, -0.05) is 23.7 Å². The highest BCUT2D eigenvalue weighted by atomic mass is 35.7. The second-order valence-electron chi connectivity index (χ2n) is 2.96. The fourth-order valence-corrected chi connectivity index (χ4v) is 2.06. The van der Waals surface area contributed by atoms with Gasteiger partial charge in [-0.25, -0.2) is 4.57 Å². The molecule has 16 heavy (non-hydrogen) atoms. The molecule has 1 aromatic carbocycles. The van der Waals surface area contributed by atoms with Crippen molar-refractivity contribution in [3.63, 3.8) is 0 Å². The Bertz CT molecular complexity index is 437. The third-order valence-corrected chi connectivity index (χ3v) is 2.78. The molecular formula is C9H8Cl2NO3P. The smallest absolute Gasteiger partial charge is 0.313 e. The zero-order valence-corrected chi connectivity index (χ0v) is 10.4. The van der Waals surface area contributed by atoms with E-state index in [9.17, 15) is 4.57 Å². The van der Waals surface area contributed by atoms with E-state index in [4.69, 9.17) is 37.5 Å². The van der Waals surface area contributed by atoms with Crippen LogP contribution in [0, 0.1) is 11.3 Å². The molecule has 7 heteroatoms. The van der Waals surface area contributed by atoms with E-state index < -0.39 is 13.1 Å².